The third kappa shape index (κ3) is 7.79. The van der Waals surface area contributed by atoms with Gasteiger partial charge in [-0.3, -0.25) is 0 Å². The van der Waals surface area contributed by atoms with E-state index in [9.17, 15) is 0 Å². The van der Waals surface area contributed by atoms with E-state index in [1.54, 1.807) is 0 Å². The lowest BCUT2D eigenvalue weighted by Crippen LogP contribution is -1.80. The molecule has 0 aliphatic rings. The van der Waals surface area contributed by atoms with Crippen molar-refractivity contribution in [1.82, 2.24) is 0 Å². The summed E-state index contributed by atoms with van der Waals surface area (Å²) in [5.74, 6) is 0. The van der Waals surface area contributed by atoms with Gasteiger partial charge in [-0.25, -0.2) is 0 Å². The minimum absolute atomic E-state index is 1.08. The molecule has 0 bridgehead atoms. The summed E-state index contributed by atoms with van der Waals surface area (Å²) < 4.78 is 0. The van der Waals surface area contributed by atoms with E-state index in [-0.39, 0.29) is 0 Å². The zero-order valence-corrected chi connectivity index (χ0v) is 11.2. The summed E-state index contributed by atoms with van der Waals surface area (Å²) in [5, 5.41) is 0. The van der Waals surface area contributed by atoms with Crippen molar-refractivity contribution in [2.45, 2.75) is 58.3 Å². The molecule has 0 amide bonds. The van der Waals surface area contributed by atoms with Gasteiger partial charge in [-0.2, -0.15) is 0 Å². The summed E-state index contributed by atoms with van der Waals surface area (Å²) in [7, 11) is 0. The fraction of sp³-hybridized carbons (Fsp3) is 0.529. The Kier molecular flexibility index (Phi) is 8.36. The van der Waals surface area contributed by atoms with Crippen LogP contribution in [0.4, 0.5) is 0 Å². The summed E-state index contributed by atoms with van der Waals surface area (Å²) in [6.07, 6.45) is 15.3. The lowest BCUT2D eigenvalue weighted by Gasteiger charge is -1.98. The molecule has 0 fully saturated rings. The van der Waals surface area contributed by atoms with E-state index < -0.39 is 0 Å². The van der Waals surface area contributed by atoms with Crippen molar-refractivity contribution in [1.29, 1.82) is 0 Å². The van der Waals surface area contributed by atoms with E-state index >= 15 is 0 Å². The van der Waals surface area contributed by atoms with Gasteiger partial charge in [0.1, 0.15) is 0 Å². The first-order valence-corrected chi connectivity index (χ1v) is 7.12. The number of unbranched alkanes of at least 4 members (excludes halogenated alkanes) is 6. The van der Waals surface area contributed by atoms with E-state index in [2.05, 4.69) is 49.4 Å². The molecule has 1 rings (SSSR count). The lowest BCUT2D eigenvalue weighted by atomic mass is 10.1. The smallest absolute Gasteiger partial charge is 0.00975 e. The van der Waals surface area contributed by atoms with Crippen LogP contribution >= 0.6 is 0 Å². The largest absolute Gasteiger partial charge is 0.0882 e. The molecule has 1 aromatic rings. The van der Waals surface area contributed by atoms with Gasteiger partial charge >= 0.3 is 0 Å². The van der Waals surface area contributed by atoms with Crippen molar-refractivity contribution >= 4 is 0 Å². The first-order valence-electron chi connectivity index (χ1n) is 7.12. The van der Waals surface area contributed by atoms with E-state index in [1.807, 2.05) is 0 Å². The minimum atomic E-state index is 1.08. The SMILES string of the molecule is CCCCCCCC/C=C/Cc1ccccc1. The maximum absolute atomic E-state index is 2.34. The Labute approximate surface area is 107 Å². The molecule has 0 radical (unpaired) electrons. The normalized spacial score (nSPS) is 11.1. The highest BCUT2D eigenvalue weighted by Crippen LogP contribution is 2.07. The van der Waals surface area contributed by atoms with Gasteiger partial charge in [0.05, 0.1) is 0 Å². The molecule has 0 aliphatic carbocycles. The molecule has 0 nitrogen and oxygen atoms in total. The molecular formula is C17H26. The van der Waals surface area contributed by atoms with Crippen LogP contribution in [-0.4, -0.2) is 0 Å². The van der Waals surface area contributed by atoms with Gasteiger partial charge in [0.15, 0.2) is 0 Å². The Morgan fingerprint density at radius 1 is 0.824 bits per heavy atom. The van der Waals surface area contributed by atoms with Gasteiger partial charge in [-0.05, 0) is 24.8 Å². The third-order valence-corrected chi connectivity index (χ3v) is 3.09. The summed E-state index contributed by atoms with van der Waals surface area (Å²) in [6, 6.07) is 10.7. The topological polar surface area (TPSA) is 0 Å². The van der Waals surface area contributed by atoms with Gasteiger partial charge in [0, 0.05) is 0 Å². The summed E-state index contributed by atoms with van der Waals surface area (Å²) >= 11 is 0. The average Bonchev–Trinajstić information content (AvgIpc) is 2.38. The van der Waals surface area contributed by atoms with Crippen LogP contribution in [0.2, 0.25) is 0 Å². The number of allylic oxidation sites excluding steroid dienone is 2. The zero-order valence-electron chi connectivity index (χ0n) is 11.2. The highest BCUT2D eigenvalue weighted by molar-refractivity contribution is 5.17. The second-order valence-corrected chi connectivity index (χ2v) is 4.72. The number of hydrogen-bond donors (Lipinski definition) is 0. The van der Waals surface area contributed by atoms with Crippen LogP contribution in [0.15, 0.2) is 42.5 Å². The molecule has 0 N–H and O–H groups in total. The average molecular weight is 230 g/mol. The molecule has 0 aromatic heterocycles. The summed E-state index contributed by atoms with van der Waals surface area (Å²) in [5.41, 5.74) is 1.41. The first-order chi connectivity index (χ1) is 8.43. The number of hydrogen-bond acceptors (Lipinski definition) is 0. The quantitative estimate of drug-likeness (QED) is 0.386. The number of benzene rings is 1. The van der Waals surface area contributed by atoms with E-state index in [1.165, 1.54) is 50.5 Å². The molecule has 0 unspecified atom stereocenters. The Morgan fingerprint density at radius 2 is 1.53 bits per heavy atom. The van der Waals surface area contributed by atoms with Crippen LogP contribution in [0.5, 0.6) is 0 Å². The van der Waals surface area contributed by atoms with Crippen molar-refractivity contribution < 1.29 is 0 Å². The Bertz CT molecular complexity index is 284. The van der Waals surface area contributed by atoms with Gasteiger partial charge < -0.3 is 0 Å². The predicted molar refractivity (Wildman–Crippen MR) is 77.3 cm³/mol. The van der Waals surface area contributed by atoms with Gasteiger partial charge in [-0.15, -0.1) is 0 Å². The monoisotopic (exact) mass is 230 g/mol. The van der Waals surface area contributed by atoms with Crippen molar-refractivity contribution in [3.63, 3.8) is 0 Å². The molecule has 0 saturated carbocycles. The molecule has 94 valence electrons. The van der Waals surface area contributed by atoms with Gasteiger partial charge in [-0.1, -0.05) is 81.5 Å². The van der Waals surface area contributed by atoms with E-state index in [4.69, 9.17) is 0 Å². The molecule has 0 aliphatic heterocycles. The van der Waals surface area contributed by atoms with Crippen LogP contribution in [-0.2, 0) is 6.42 Å². The van der Waals surface area contributed by atoms with Crippen LogP contribution in [0.3, 0.4) is 0 Å². The molecule has 0 atom stereocenters. The van der Waals surface area contributed by atoms with Gasteiger partial charge in [0.2, 0.25) is 0 Å². The fourth-order valence-electron chi connectivity index (χ4n) is 1.99. The van der Waals surface area contributed by atoms with Crippen LogP contribution in [0, 0.1) is 0 Å². The van der Waals surface area contributed by atoms with Gasteiger partial charge in [0.25, 0.3) is 0 Å². The van der Waals surface area contributed by atoms with Crippen molar-refractivity contribution in [3.05, 3.63) is 48.0 Å². The predicted octanol–water partition coefficient (Wildman–Crippen LogP) is 5.54. The zero-order chi connectivity index (χ0) is 12.2. The Morgan fingerprint density at radius 3 is 2.29 bits per heavy atom. The molecular weight excluding hydrogens is 204 g/mol. The van der Waals surface area contributed by atoms with E-state index in [0.29, 0.717) is 0 Å². The molecule has 0 heterocycles. The van der Waals surface area contributed by atoms with Crippen molar-refractivity contribution in [2.24, 2.45) is 0 Å². The van der Waals surface area contributed by atoms with Crippen molar-refractivity contribution in [3.8, 4) is 0 Å². The Hall–Kier alpha value is -1.04. The minimum Gasteiger partial charge on any atom is -0.0882 e. The highest BCUT2D eigenvalue weighted by atomic mass is 13.9. The lowest BCUT2D eigenvalue weighted by molar-refractivity contribution is 0.611. The summed E-state index contributed by atoms with van der Waals surface area (Å²) in [6.45, 7) is 2.27. The fourth-order valence-corrected chi connectivity index (χ4v) is 1.99. The molecule has 0 saturated heterocycles. The maximum atomic E-state index is 2.34. The van der Waals surface area contributed by atoms with E-state index in [0.717, 1.165) is 6.42 Å². The summed E-state index contributed by atoms with van der Waals surface area (Å²) in [4.78, 5) is 0. The van der Waals surface area contributed by atoms with Crippen LogP contribution in [0.25, 0.3) is 0 Å². The molecule has 0 heteroatoms. The molecule has 0 spiro atoms. The third-order valence-electron chi connectivity index (χ3n) is 3.09. The highest BCUT2D eigenvalue weighted by Gasteiger charge is 1.89. The van der Waals surface area contributed by atoms with Crippen LogP contribution in [0.1, 0.15) is 57.4 Å². The van der Waals surface area contributed by atoms with Crippen molar-refractivity contribution in [2.75, 3.05) is 0 Å². The first kappa shape index (κ1) is 14.0. The maximum Gasteiger partial charge on any atom is -0.00975 e. The number of rotatable bonds is 9. The second kappa shape index (κ2) is 10.1. The Balaban J connectivity index is 1.96. The molecule has 1 aromatic carbocycles. The van der Waals surface area contributed by atoms with Crippen LogP contribution < -0.4 is 0 Å². The second-order valence-electron chi connectivity index (χ2n) is 4.72. The standard InChI is InChI=1S/C17H26/c1-2-3-4-5-6-7-8-9-11-14-17-15-12-10-13-16-17/h9-13,15-16H,2-8,14H2,1H3/b11-9+. The molecule has 17 heavy (non-hydrogen) atoms.